The summed E-state index contributed by atoms with van der Waals surface area (Å²) in [7, 11) is 0. The lowest BCUT2D eigenvalue weighted by atomic mass is 10.1. The van der Waals surface area contributed by atoms with Crippen molar-refractivity contribution in [3.8, 4) is 5.75 Å². The van der Waals surface area contributed by atoms with E-state index in [1.165, 1.54) is 0 Å². The second kappa shape index (κ2) is 6.09. The zero-order valence-corrected chi connectivity index (χ0v) is 10.5. The van der Waals surface area contributed by atoms with E-state index in [0.717, 1.165) is 18.5 Å². The minimum absolute atomic E-state index is 0.135. The van der Waals surface area contributed by atoms with Crippen LogP contribution in [0.2, 0.25) is 5.02 Å². The van der Waals surface area contributed by atoms with Gasteiger partial charge in [0.05, 0.1) is 0 Å². The highest BCUT2D eigenvalue weighted by Crippen LogP contribution is 2.22. The van der Waals surface area contributed by atoms with Gasteiger partial charge in [-0.3, -0.25) is 0 Å². The van der Waals surface area contributed by atoms with E-state index >= 15 is 0 Å². The first-order chi connectivity index (χ1) is 7.49. The van der Waals surface area contributed by atoms with Crippen LogP contribution in [0.25, 0.3) is 0 Å². The number of halogens is 1. The second-order valence-corrected chi connectivity index (χ2v) is 4.70. The zero-order valence-electron chi connectivity index (χ0n) is 9.70. The summed E-state index contributed by atoms with van der Waals surface area (Å²) in [6, 6.07) is 5.49. The van der Waals surface area contributed by atoms with Crippen molar-refractivity contribution in [3.63, 3.8) is 0 Å². The summed E-state index contributed by atoms with van der Waals surface area (Å²) in [5.41, 5.74) is 6.51. The SMILES string of the molecule is CC(N)CNC(C)Cc1cc(Cl)ccc1O. The molecule has 3 nitrogen and oxygen atoms in total. The Morgan fingerprint density at radius 3 is 2.75 bits per heavy atom. The third-order valence-corrected chi connectivity index (χ3v) is 2.59. The molecule has 0 saturated carbocycles. The van der Waals surface area contributed by atoms with Gasteiger partial charge in [-0.05, 0) is 44.0 Å². The van der Waals surface area contributed by atoms with Crippen LogP contribution in [0.5, 0.6) is 5.75 Å². The Balaban J connectivity index is 2.55. The minimum Gasteiger partial charge on any atom is -0.508 e. The molecule has 0 fully saturated rings. The molecule has 0 aliphatic heterocycles. The first-order valence-electron chi connectivity index (χ1n) is 5.45. The Morgan fingerprint density at radius 2 is 2.12 bits per heavy atom. The summed E-state index contributed by atoms with van der Waals surface area (Å²) in [5, 5.41) is 13.6. The number of rotatable bonds is 5. The van der Waals surface area contributed by atoms with Crippen LogP contribution in [-0.2, 0) is 6.42 Å². The number of hydrogen-bond donors (Lipinski definition) is 3. The molecule has 4 heteroatoms. The van der Waals surface area contributed by atoms with E-state index in [4.69, 9.17) is 17.3 Å². The second-order valence-electron chi connectivity index (χ2n) is 4.26. The summed E-state index contributed by atoms with van der Waals surface area (Å²) in [4.78, 5) is 0. The molecule has 0 aromatic heterocycles. The van der Waals surface area contributed by atoms with Gasteiger partial charge >= 0.3 is 0 Å². The van der Waals surface area contributed by atoms with Crippen LogP contribution in [0.15, 0.2) is 18.2 Å². The van der Waals surface area contributed by atoms with Crippen molar-refractivity contribution in [2.45, 2.75) is 32.4 Å². The molecule has 0 amide bonds. The third-order valence-electron chi connectivity index (χ3n) is 2.36. The molecule has 4 N–H and O–H groups in total. The van der Waals surface area contributed by atoms with Gasteiger partial charge in [0, 0.05) is 23.7 Å². The van der Waals surface area contributed by atoms with Crippen molar-refractivity contribution in [3.05, 3.63) is 28.8 Å². The van der Waals surface area contributed by atoms with Crippen molar-refractivity contribution in [1.29, 1.82) is 0 Å². The first kappa shape index (κ1) is 13.3. The van der Waals surface area contributed by atoms with Crippen LogP contribution in [0, 0.1) is 0 Å². The maximum atomic E-state index is 9.65. The summed E-state index contributed by atoms with van der Waals surface area (Å²) in [6.07, 6.45) is 0.735. The van der Waals surface area contributed by atoms with Crippen molar-refractivity contribution in [1.82, 2.24) is 5.32 Å². The number of benzene rings is 1. The molecule has 0 aliphatic carbocycles. The predicted octanol–water partition coefficient (Wildman–Crippen LogP) is 1.91. The van der Waals surface area contributed by atoms with Crippen molar-refractivity contribution in [2.75, 3.05) is 6.54 Å². The Labute approximate surface area is 102 Å². The van der Waals surface area contributed by atoms with E-state index in [2.05, 4.69) is 12.2 Å². The molecule has 0 heterocycles. The molecule has 0 saturated heterocycles. The van der Waals surface area contributed by atoms with Gasteiger partial charge in [0.25, 0.3) is 0 Å². The van der Waals surface area contributed by atoms with E-state index in [1.54, 1.807) is 18.2 Å². The van der Waals surface area contributed by atoms with Crippen LogP contribution in [0.3, 0.4) is 0 Å². The zero-order chi connectivity index (χ0) is 12.1. The molecule has 2 unspecified atom stereocenters. The maximum absolute atomic E-state index is 9.65. The molecule has 2 atom stereocenters. The van der Waals surface area contributed by atoms with E-state index in [0.29, 0.717) is 10.8 Å². The average molecular weight is 243 g/mol. The third kappa shape index (κ3) is 4.39. The van der Waals surface area contributed by atoms with Crippen LogP contribution < -0.4 is 11.1 Å². The molecule has 0 spiro atoms. The van der Waals surface area contributed by atoms with E-state index in [9.17, 15) is 5.11 Å². The smallest absolute Gasteiger partial charge is 0.118 e. The monoisotopic (exact) mass is 242 g/mol. The highest BCUT2D eigenvalue weighted by atomic mass is 35.5. The minimum atomic E-state index is 0.135. The summed E-state index contributed by atoms with van der Waals surface area (Å²) >= 11 is 5.88. The molecule has 0 bridgehead atoms. The summed E-state index contributed by atoms with van der Waals surface area (Å²) < 4.78 is 0. The van der Waals surface area contributed by atoms with Gasteiger partial charge in [-0.15, -0.1) is 0 Å². The molecule has 90 valence electrons. The normalized spacial score (nSPS) is 14.8. The van der Waals surface area contributed by atoms with Crippen LogP contribution in [0.1, 0.15) is 19.4 Å². The fraction of sp³-hybridized carbons (Fsp3) is 0.500. The van der Waals surface area contributed by atoms with Gasteiger partial charge in [-0.2, -0.15) is 0 Å². The highest BCUT2D eigenvalue weighted by Gasteiger charge is 2.08. The highest BCUT2D eigenvalue weighted by molar-refractivity contribution is 6.30. The van der Waals surface area contributed by atoms with Gasteiger partial charge in [-0.1, -0.05) is 11.6 Å². The standard InChI is InChI=1S/C12H19ClN2O/c1-8(14)7-15-9(2)5-10-6-11(13)3-4-12(10)16/h3-4,6,8-9,15-16H,5,7,14H2,1-2H3. The van der Waals surface area contributed by atoms with Gasteiger partial charge in [-0.25, -0.2) is 0 Å². The van der Waals surface area contributed by atoms with Crippen LogP contribution in [0.4, 0.5) is 0 Å². The number of phenolic OH excluding ortho intramolecular Hbond substituents is 1. The van der Waals surface area contributed by atoms with Gasteiger partial charge in [0.15, 0.2) is 0 Å². The number of nitrogens with one attached hydrogen (secondary N) is 1. The van der Waals surface area contributed by atoms with Crippen LogP contribution >= 0.6 is 11.6 Å². The number of aromatic hydroxyl groups is 1. The van der Waals surface area contributed by atoms with Gasteiger partial charge < -0.3 is 16.2 Å². The molecular formula is C12H19ClN2O. The lowest BCUT2D eigenvalue weighted by Crippen LogP contribution is -2.37. The largest absolute Gasteiger partial charge is 0.508 e. The average Bonchev–Trinajstić information content (AvgIpc) is 2.20. The molecule has 16 heavy (non-hydrogen) atoms. The van der Waals surface area contributed by atoms with E-state index < -0.39 is 0 Å². The fourth-order valence-corrected chi connectivity index (χ4v) is 1.70. The Bertz CT molecular complexity index is 342. The predicted molar refractivity (Wildman–Crippen MR) is 67.9 cm³/mol. The Kier molecular flexibility index (Phi) is 5.06. The molecular weight excluding hydrogens is 224 g/mol. The molecule has 1 aromatic rings. The molecule has 0 radical (unpaired) electrons. The van der Waals surface area contributed by atoms with Crippen molar-refractivity contribution >= 4 is 11.6 Å². The summed E-state index contributed by atoms with van der Waals surface area (Å²) in [6.45, 7) is 4.78. The molecule has 1 aromatic carbocycles. The van der Waals surface area contributed by atoms with E-state index in [-0.39, 0.29) is 12.1 Å². The fourth-order valence-electron chi connectivity index (χ4n) is 1.51. The topological polar surface area (TPSA) is 58.3 Å². The van der Waals surface area contributed by atoms with Crippen molar-refractivity contribution < 1.29 is 5.11 Å². The first-order valence-corrected chi connectivity index (χ1v) is 5.83. The molecule has 0 aliphatic rings. The van der Waals surface area contributed by atoms with Crippen molar-refractivity contribution in [2.24, 2.45) is 5.73 Å². The quantitative estimate of drug-likeness (QED) is 0.739. The molecule has 1 rings (SSSR count). The van der Waals surface area contributed by atoms with E-state index in [1.807, 2.05) is 6.92 Å². The number of hydrogen-bond acceptors (Lipinski definition) is 3. The Hall–Kier alpha value is -0.770. The number of nitrogens with two attached hydrogens (primary N) is 1. The van der Waals surface area contributed by atoms with Crippen LogP contribution in [-0.4, -0.2) is 23.7 Å². The lowest BCUT2D eigenvalue weighted by Gasteiger charge is -2.16. The Morgan fingerprint density at radius 1 is 1.44 bits per heavy atom. The van der Waals surface area contributed by atoms with Gasteiger partial charge in [0.2, 0.25) is 0 Å². The lowest BCUT2D eigenvalue weighted by molar-refractivity contribution is 0.456. The van der Waals surface area contributed by atoms with Gasteiger partial charge in [0.1, 0.15) is 5.75 Å². The number of phenols is 1. The summed E-state index contributed by atoms with van der Waals surface area (Å²) in [5.74, 6) is 0.291. The maximum Gasteiger partial charge on any atom is 0.118 e.